The van der Waals surface area contributed by atoms with Gasteiger partial charge in [0.15, 0.2) is 22.3 Å². The van der Waals surface area contributed by atoms with Gasteiger partial charge in [-0.2, -0.15) is 9.50 Å². The molecular weight excluding hydrogens is 787 g/mol. The number of thiazole rings is 1. The Labute approximate surface area is 319 Å². The third-order valence-corrected chi connectivity index (χ3v) is 10.5. The van der Waals surface area contributed by atoms with Crippen LogP contribution in [0.4, 0.5) is 5.13 Å². The number of nitrogens with two attached hydrogens (primary N) is 1. The highest BCUT2D eigenvalue weighted by molar-refractivity contribution is 8.01. The summed E-state index contributed by atoms with van der Waals surface area (Å²) in [4.78, 5) is 105. The lowest BCUT2D eigenvalue weighted by molar-refractivity contribution is -0.150. The van der Waals surface area contributed by atoms with Gasteiger partial charge in [0.05, 0.1) is 5.56 Å². The minimum absolute atomic E-state index is 0.0399. The summed E-state index contributed by atoms with van der Waals surface area (Å²) in [5.41, 5.74) is 5.51. The predicted molar refractivity (Wildman–Crippen MR) is 190 cm³/mol. The first-order valence-electron chi connectivity index (χ1n) is 15.4. The fourth-order valence-corrected chi connectivity index (χ4v) is 8.24. The van der Waals surface area contributed by atoms with Gasteiger partial charge in [-0.3, -0.25) is 24.1 Å². The number of carboxylic acid groups (broad SMARTS) is 2. The van der Waals surface area contributed by atoms with Gasteiger partial charge in [-0.05, 0) is 36.8 Å². The number of amides is 2. The smallest absolute Gasteiger partial charge is 0.375 e. The maximum atomic E-state index is 13.6. The fraction of sp³-hybridized carbons (Fsp3) is 0.226. The quantitative estimate of drug-likeness (QED) is 0.0228. The molecule has 1 fully saturated rings. The Kier molecular flexibility index (Phi) is 10.8. The van der Waals surface area contributed by atoms with E-state index in [0.29, 0.717) is 16.3 Å². The SMILES string of the molecule is CC(=O)Oc1ccc(C(=O)O/N=C(\C(=O)N[C@@H]2C(=O)N3C(C(=O)O)=C(CSc4cc(C)nc5nc(C(=O)O)nn45)CS[C@H]23)c2csc(N)n2)cc1OC(C)=O. The number of carbonyl (C=O) groups is 7. The van der Waals surface area contributed by atoms with Crippen molar-refractivity contribution in [1.82, 2.24) is 34.8 Å². The third kappa shape index (κ3) is 8.09. The first-order valence-corrected chi connectivity index (χ1v) is 18.4. The topological polar surface area (TPSA) is 297 Å². The number of nitrogens with one attached hydrogen (secondary N) is 1. The van der Waals surface area contributed by atoms with Gasteiger partial charge in [0, 0.05) is 36.4 Å². The van der Waals surface area contributed by atoms with E-state index in [2.05, 4.69) is 30.5 Å². The van der Waals surface area contributed by atoms with Gasteiger partial charge in [0.2, 0.25) is 0 Å². The highest BCUT2D eigenvalue weighted by Crippen LogP contribution is 2.42. The van der Waals surface area contributed by atoms with Crippen LogP contribution in [0.2, 0.25) is 0 Å². The van der Waals surface area contributed by atoms with Crippen molar-refractivity contribution in [3.05, 3.63) is 63.7 Å². The molecule has 2 aliphatic heterocycles. The molecule has 284 valence electrons. The molecule has 5 N–H and O–H groups in total. The van der Waals surface area contributed by atoms with Gasteiger partial charge in [-0.25, -0.2) is 24.4 Å². The van der Waals surface area contributed by atoms with Gasteiger partial charge < -0.3 is 35.6 Å². The molecular formula is C31H25N9O12S3. The molecule has 5 heterocycles. The Hall–Kier alpha value is -6.40. The summed E-state index contributed by atoms with van der Waals surface area (Å²) in [5.74, 6) is -7.71. The van der Waals surface area contributed by atoms with E-state index in [9.17, 15) is 43.8 Å². The Balaban J connectivity index is 1.19. The van der Waals surface area contributed by atoms with E-state index < -0.39 is 64.6 Å². The number of hydrogen-bond donors (Lipinski definition) is 4. The Bertz CT molecular complexity index is 2390. The molecule has 55 heavy (non-hydrogen) atoms. The number of benzene rings is 1. The van der Waals surface area contributed by atoms with E-state index in [-0.39, 0.29) is 50.9 Å². The van der Waals surface area contributed by atoms with Crippen molar-refractivity contribution >= 4 is 93.1 Å². The molecule has 0 bridgehead atoms. The maximum absolute atomic E-state index is 13.6. The number of carbonyl (C=O) groups excluding carboxylic acids is 5. The predicted octanol–water partition coefficient (Wildman–Crippen LogP) is 1.11. The number of thioether (sulfide) groups is 2. The van der Waals surface area contributed by atoms with Crippen molar-refractivity contribution in [3.8, 4) is 11.5 Å². The lowest BCUT2D eigenvalue weighted by atomic mass is 10.0. The second-order valence-corrected chi connectivity index (χ2v) is 14.3. The number of ether oxygens (including phenoxy) is 2. The van der Waals surface area contributed by atoms with E-state index in [1.54, 1.807) is 13.0 Å². The number of rotatable bonds is 12. The summed E-state index contributed by atoms with van der Waals surface area (Å²) < 4.78 is 11.3. The standard InChI is InChI=1S/C31H25N9O12S3/c1-11-6-19(40-31(33-11)36-23(37-40)28(47)48)53-8-15-9-54-26-21(25(44)39(26)22(15)27(45)46)35-24(43)20(16-10-55-30(32)34-16)38-52-29(49)14-4-5-17(50-12(2)41)18(7-14)51-13(3)42/h4-7,10,21,26H,8-9H2,1-3H3,(H2,32,34)(H,35,43)(H,45,46)(H,47,48)/b38-20-/t21-,26-/m1/s1. The molecule has 0 spiro atoms. The van der Waals surface area contributed by atoms with Crippen LogP contribution in [0.1, 0.15) is 46.2 Å². The van der Waals surface area contributed by atoms with Gasteiger partial charge in [0.1, 0.15) is 27.8 Å². The largest absolute Gasteiger partial charge is 0.477 e. The van der Waals surface area contributed by atoms with Crippen LogP contribution >= 0.6 is 34.9 Å². The summed E-state index contributed by atoms with van der Waals surface area (Å²) in [7, 11) is 0. The Morgan fingerprint density at radius 2 is 1.76 bits per heavy atom. The molecule has 24 heteroatoms. The van der Waals surface area contributed by atoms with Crippen LogP contribution in [0.15, 0.2) is 51.1 Å². The zero-order valence-corrected chi connectivity index (χ0v) is 30.8. The minimum atomic E-state index is -1.38. The molecule has 1 aromatic carbocycles. The van der Waals surface area contributed by atoms with E-state index in [1.807, 2.05) is 0 Å². The number of aryl methyl sites for hydroxylation is 1. The minimum Gasteiger partial charge on any atom is -0.477 e. The summed E-state index contributed by atoms with van der Waals surface area (Å²) >= 11 is 3.28. The second-order valence-electron chi connectivity index (χ2n) is 11.3. The number of anilines is 1. The summed E-state index contributed by atoms with van der Waals surface area (Å²) in [6, 6.07) is 3.84. The zero-order chi connectivity index (χ0) is 39.7. The van der Waals surface area contributed by atoms with Crippen LogP contribution in [-0.4, -0.2) is 110 Å². The van der Waals surface area contributed by atoms with Gasteiger partial charge >= 0.3 is 29.8 Å². The number of hydrogen-bond acceptors (Lipinski definition) is 19. The molecule has 21 nitrogen and oxygen atoms in total. The van der Waals surface area contributed by atoms with Crippen molar-refractivity contribution in [2.45, 2.75) is 37.2 Å². The lowest BCUT2D eigenvalue weighted by Crippen LogP contribution is -2.71. The highest BCUT2D eigenvalue weighted by Gasteiger charge is 2.54. The average molecular weight is 812 g/mol. The van der Waals surface area contributed by atoms with Crippen molar-refractivity contribution in [2.75, 3.05) is 17.2 Å². The number of fused-ring (bicyclic) bond motifs is 2. The van der Waals surface area contributed by atoms with Crippen LogP contribution < -0.4 is 20.5 Å². The summed E-state index contributed by atoms with van der Waals surface area (Å²) in [5, 5.41) is 30.6. The monoisotopic (exact) mass is 811 g/mol. The lowest BCUT2D eigenvalue weighted by Gasteiger charge is -2.49. The number of carboxylic acids is 2. The van der Waals surface area contributed by atoms with Gasteiger partial charge in [-0.15, -0.1) is 40.0 Å². The van der Waals surface area contributed by atoms with Crippen LogP contribution in [0.3, 0.4) is 0 Å². The second kappa shape index (κ2) is 15.5. The van der Waals surface area contributed by atoms with E-state index in [4.69, 9.17) is 20.0 Å². The molecule has 0 radical (unpaired) electrons. The average Bonchev–Trinajstić information content (AvgIpc) is 3.75. The van der Waals surface area contributed by atoms with E-state index in [1.165, 1.54) is 33.8 Å². The van der Waals surface area contributed by atoms with Crippen molar-refractivity contribution < 1.29 is 58.1 Å². The Morgan fingerprint density at radius 1 is 1.04 bits per heavy atom. The van der Waals surface area contributed by atoms with Crippen LogP contribution in [0.25, 0.3) is 5.78 Å². The third-order valence-electron chi connectivity index (χ3n) is 7.42. The number of oxime groups is 1. The summed E-state index contributed by atoms with van der Waals surface area (Å²) in [6.45, 7) is 3.89. The van der Waals surface area contributed by atoms with Crippen molar-refractivity contribution in [2.24, 2.45) is 5.16 Å². The van der Waals surface area contributed by atoms with Crippen molar-refractivity contribution in [3.63, 3.8) is 0 Å². The molecule has 0 unspecified atom stereocenters. The molecule has 0 aliphatic carbocycles. The van der Waals surface area contributed by atoms with Crippen LogP contribution in [0, 0.1) is 6.92 Å². The molecule has 0 saturated carbocycles. The normalized spacial score (nSPS) is 16.6. The first-order chi connectivity index (χ1) is 26.1. The molecule has 3 aromatic heterocycles. The fourth-order valence-electron chi connectivity index (χ4n) is 5.16. The number of aromatic nitrogens is 5. The zero-order valence-electron chi connectivity index (χ0n) is 28.4. The van der Waals surface area contributed by atoms with Gasteiger partial charge in [-0.1, -0.05) is 5.16 Å². The van der Waals surface area contributed by atoms with Crippen LogP contribution in [-0.2, 0) is 28.8 Å². The molecule has 6 rings (SSSR count). The summed E-state index contributed by atoms with van der Waals surface area (Å²) in [6.07, 6.45) is 0. The number of aromatic carboxylic acids is 1. The number of nitrogens with zero attached hydrogens (tertiary/aromatic N) is 7. The Morgan fingerprint density at radius 3 is 2.42 bits per heavy atom. The highest BCUT2D eigenvalue weighted by atomic mass is 32.2. The molecule has 4 aromatic rings. The number of esters is 2. The van der Waals surface area contributed by atoms with Crippen LogP contribution in [0.5, 0.6) is 11.5 Å². The maximum Gasteiger partial charge on any atom is 0.375 e. The molecule has 2 atom stereocenters. The number of nitrogen functional groups attached to an aromatic ring is 1. The van der Waals surface area contributed by atoms with Crippen molar-refractivity contribution in [1.29, 1.82) is 0 Å². The van der Waals surface area contributed by atoms with Gasteiger partial charge in [0.25, 0.3) is 23.4 Å². The molecule has 2 amide bonds. The van der Waals surface area contributed by atoms with E-state index >= 15 is 0 Å². The van der Waals surface area contributed by atoms with E-state index in [0.717, 1.165) is 47.9 Å². The number of aliphatic carboxylic acids is 1. The number of β-lactam (4-membered cyclic amide) rings is 1. The molecule has 2 aliphatic rings. The first kappa shape index (κ1) is 38.3. The molecule has 1 saturated heterocycles.